The van der Waals surface area contributed by atoms with Gasteiger partial charge in [-0.25, -0.2) is 4.79 Å². The normalized spacial score (nSPS) is 19.8. The molecule has 2 N–H and O–H groups in total. The Bertz CT molecular complexity index is 513. The minimum Gasteiger partial charge on any atom is -0.477 e. The molecule has 0 aliphatic carbocycles. The van der Waals surface area contributed by atoms with Crippen LogP contribution in [0.4, 0.5) is 0 Å². The number of carboxylic acids is 1. The van der Waals surface area contributed by atoms with Crippen LogP contribution in [0.15, 0.2) is 6.07 Å². The minimum atomic E-state index is -0.869. The van der Waals surface area contributed by atoms with Gasteiger partial charge in [-0.3, -0.25) is 9.69 Å². The fourth-order valence-corrected chi connectivity index (χ4v) is 3.51. The molecule has 1 aromatic rings. The molecule has 1 atom stereocenters. The quantitative estimate of drug-likeness (QED) is 0.887. The fraction of sp³-hybridized carbons (Fsp3) is 0.571. The predicted molar refractivity (Wildman–Crippen MR) is 78.1 cm³/mol. The average Bonchev–Trinajstić information content (AvgIpc) is 2.80. The number of carbonyl (C=O) groups excluding carboxylic acids is 1. The van der Waals surface area contributed by atoms with E-state index in [9.17, 15) is 9.59 Å². The van der Waals surface area contributed by atoms with E-state index in [1.54, 1.807) is 13.1 Å². The van der Waals surface area contributed by atoms with Gasteiger partial charge in [0.1, 0.15) is 4.88 Å². The van der Waals surface area contributed by atoms with Gasteiger partial charge >= 0.3 is 5.97 Å². The zero-order valence-electron chi connectivity index (χ0n) is 11.8. The second kappa shape index (κ2) is 6.37. The van der Waals surface area contributed by atoms with Crippen molar-refractivity contribution in [2.75, 3.05) is 20.1 Å². The molecular formula is C14H20N2O3S. The SMILES string of the molecule is CNC(=O)C1CCCN(Cc2cc(C(=O)O)sc2C)C1. The molecule has 5 nitrogen and oxygen atoms in total. The molecule has 0 radical (unpaired) electrons. The number of piperidine rings is 1. The van der Waals surface area contributed by atoms with Crippen LogP contribution in [-0.2, 0) is 11.3 Å². The number of rotatable bonds is 4. The Hall–Kier alpha value is -1.40. The number of hydrogen-bond donors (Lipinski definition) is 2. The molecule has 0 spiro atoms. The summed E-state index contributed by atoms with van der Waals surface area (Å²) in [6.45, 7) is 4.39. The minimum absolute atomic E-state index is 0.0478. The summed E-state index contributed by atoms with van der Waals surface area (Å²) in [7, 11) is 1.67. The van der Waals surface area contributed by atoms with E-state index in [4.69, 9.17) is 5.11 Å². The number of nitrogens with one attached hydrogen (secondary N) is 1. The number of aryl methyl sites for hydroxylation is 1. The summed E-state index contributed by atoms with van der Waals surface area (Å²) < 4.78 is 0. The standard InChI is InChI=1S/C14H20N2O3S/c1-9-11(6-12(20-9)14(18)19)8-16-5-3-4-10(7-16)13(17)15-2/h6,10H,3-5,7-8H2,1-2H3,(H,15,17)(H,18,19). The van der Waals surface area contributed by atoms with Gasteiger partial charge in [-0.2, -0.15) is 0 Å². The van der Waals surface area contributed by atoms with Gasteiger partial charge in [-0.05, 0) is 37.9 Å². The van der Waals surface area contributed by atoms with Crippen LogP contribution < -0.4 is 5.32 Å². The van der Waals surface area contributed by atoms with E-state index in [0.29, 0.717) is 4.88 Å². The van der Waals surface area contributed by atoms with Gasteiger partial charge in [0.15, 0.2) is 0 Å². The topological polar surface area (TPSA) is 69.6 Å². The first-order valence-electron chi connectivity index (χ1n) is 6.77. The third kappa shape index (κ3) is 3.37. The van der Waals surface area contributed by atoms with Gasteiger partial charge in [0.25, 0.3) is 0 Å². The molecule has 1 saturated heterocycles. The summed E-state index contributed by atoms with van der Waals surface area (Å²) in [5.41, 5.74) is 1.06. The van der Waals surface area contributed by atoms with Crippen LogP contribution in [0, 0.1) is 12.8 Å². The molecule has 0 saturated carbocycles. The Morgan fingerprint density at radius 3 is 2.90 bits per heavy atom. The maximum atomic E-state index is 11.7. The number of hydrogen-bond acceptors (Lipinski definition) is 4. The second-order valence-electron chi connectivity index (χ2n) is 5.19. The van der Waals surface area contributed by atoms with Crippen molar-refractivity contribution in [2.45, 2.75) is 26.3 Å². The third-order valence-electron chi connectivity index (χ3n) is 3.75. The average molecular weight is 296 g/mol. The highest BCUT2D eigenvalue weighted by atomic mass is 32.1. The monoisotopic (exact) mass is 296 g/mol. The lowest BCUT2D eigenvalue weighted by Gasteiger charge is -2.31. The molecule has 1 aliphatic rings. The predicted octanol–water partition coefficient (Wildman–Crippen LogP) is 1.71. The van der Waals surface area contributed by atoms with E-state index in [0.717, 1.165) is 42.9 Å². The lowest BCUT2D eigenvalue weighted by atomic mass is 9.97. The maximum absolute atomic E-state index is 11.7. The number of carboxylic acid groups (broad SMARTS) is 1. The Balaban J connectivity index is 2.02. The van der Waals surface area contributed by atoms with Gasteiger partial charge in [-0.1, -0.05) is 0 Å². The van der Waals surface area contributed by atoms with E-state index in [1.165, 1.54) is 11.3 Å². The van der Waals surface area contributed by atoms with E-state index < -0.39 is 5.97 Å². The van der Waals surface area contributed by atoms with E-state index in [1.807, 2.05) is 6.92 Å². The van der Waals surface area contributed by atoms with Crippen LogP contribution in [0.1, 0.15) is 33.0 Å². The molecular weight excluding hydrogens is 276 g/mol. The van der Waals surface area contributed by atoms with Crippen molar-refractivity contribution < 1.29 is 14.7 Å². The highest BCUT2D eigenvalue weighted by molar-refractivity contribution is 7.14. The molecule has 0 bridgehead atoms. The van der Waals surface area contributed by atoms with Gasteiger partial charge in [0.05, 0.1) is 5.92 Å². The van der Waals surface area contributed by atoms with Crippen molar-refractivity contribution in [1.29, 1.82) is 0 Å². The van der Waals surface area contributed by atoms with Crippen molar-refractivity contribution in [1.82, 2.24) is 10.2 Å². The smallest absolute Gasteiger partial charge is 0.345 e. The lowest BCUT2D eigenvalue weighted by Crippen LogP contribution is -2.41. The highest BCUT2D eigenvalue weighted by Gasteiger charge is 2.25. The molecule has 1 aromatic heterocycles. The number of nitrogens with zero attached hydrogens (tertiary/aromatic N) is 1. The number of amides is 1. The zero-order chi connectivity index (χ0) is 14.7. The highest BCUT2D eigenvalue weighted by Crippen LogP contribution is 2.25. The number of likely N-dealkylation sites (tertiary alicyclic amines) is 1. The molecule has 6 heteroatoms. The van der Waals surface area contributed by atoms with Crippen molar-refractivity contribution in [2.24, 2.45) is 5.92 Å². The first-order chi connectivity index (χ1) is 9.51. The Kier molecular flexibility index (Phi) is 4.77. The first kappa shape index (κ1) is 15.0. The van der Waals surface area contributed by atoms with E-state index in [2.05, 4.69) is 10.2 Å². The van der Waals surface area contributed by atoms with Crippen molar-refractivity contribution in [3.63, 3.8) is 0 Å². The van der Waals surface area contributed by atoms with Crippen LogP contribution in [0.25, 0.3) is 0 Å². The molecule has 20 heavy (non-hydrogen) atoms. The van der Waals surface area contributed by atoms with Crippen LogP contribution in [0.3, 0.4) is 0 Å². The molecule has 0 aromatic carbocycles. The number of carbonyl (C=O) groups is 2. The molecule has 2 rings (SSSR count). The maximum Gasteiger partial charge on any atom is 0.345 e. The summed E-state index contributed by atoms with van der Waals surface area (Å²) in [5, 5.41) is 11.7. The molecule has 1 unspecified atom stereocenters. The number of aromatic carboxylic acids is 1. The summed E-state index contributed by atoms with van der Waals surface area (Å²) >= 11 is 1.32. The summed E-state index contributed by atoms with van der Waals surface area (Å²) in [6, 6.07) is 1.76. The molecule has 1 fully saturated rings. The Morgan fingerprint density at radius 2 is 2.30 bits per heavy atom. The van der Waals surface area contributed by atoms with Crippen LogP contribution in [-0.4, -0.2) is 42.0 Å². The second-order valence-corrected chi connectivity index (χ2v) is 6.44. The summed E-state index contributed by atoms with van der Waals surface area (Å²) in [5.74, 6) is -0.721. The molecule has 2 heterocycles. The zero-order valence-corrected chi connectivity index (χ0v) is 12.6. The molecule has 110 valence electrons. The molecule has 1 aliphatic heterocycles. The van der Waals surface area contributed by atoms with Crippen molar-refractivity contribution in [3.05, 3.63) is 21.4 Å². The summed E-state index contributed by atoms with van der Waals surface area (Å²) in [4.78, 5) is 26.4. The Labute approximate surface area is 122 Å². The van der Waals surface area contributed by atoms with Gasteiger partial charge < -0.3 is 10.4 Å². The van der Waals surface area contributed by atoms with Crippen LogP contribution in [0.5, 0.6) is 0 Å². The van der Waals surface area contributed by atoms with Crippen molar-refractivity contribution in [3.8, 4) is 0 Å². The van der Waals surface area contributed by atoms with Crippen molar-refractivity contribution >= 4 is 23.2 Å². The van der Waals surface area contributed by atoms with Gasteiger partial charge in [0.2, 0.25) is 5.91 Å². The van der Waals surface area contributed by atoms with Crippen LogP contribution >= 0.6 is 11.3 Å². The third-order valence-corrected chi connectivity index (χ3v) is 4.83. The Morgan fingerprint density at radius 1 is 1.55 bits per heavy atom. The number of thiophene rings is 1. The largest absolute Gasteiger partial charge is 0.477 e. The van der Waals surface area contributed by atoms with Gasteiger partial charge in [0, 0.05) is 25.0 Å². The summed E-state index contributed by atoms with van der Waals surface area (Å²) in [6.07, 6.45) is 1.94. The fourth-order valence-electron chi connectivity index (χ4n) is 2.64. The van der Waals surface area contributed by atoms with E-state index >= 15 is 0 Å². The van der Waals surface area contributed by atoms with Crippen LogP contribution in [0.2, 0.25) is 0 Å². The first-order valence-corrected chi connectivity index (χ1v) is 7.59. The lowest BCUT2D eigenvalue weighted by molar-refractivity contribution is -0.126. The van der Waals surface area contributed by atoms with Gasteiger partial charge in [-0.15, -0.1) is 11.3 Å². The molecule has 1 amide bonds. The van der Waals surface area contributed by atoms with E-state index in [-0.39, 0.29) is 11.8 Å².